The van der Waals surface area contributed by atoms with Gasteiger partial charge in [0.2, 0.25) is 0 Å². The summed E-state index contributed by atoms with van der Waals surface area (Å²) in [6.07, 6.45) is 3.66. The van der Waals surface area contributed by atoms with Gasteiger partial charge in [-0.05, 0) is 44.5 Å². The topological polar surface area (TPSA) is 15.3 Å². The fourth-order valence-electron chi connectivity index (χ4n) is 1.72. The highest BCUT2D eigenvalue weighted by Gasteiger charge is 2.03. The molecule has 0 aromatic heterocycles. The van der Waals surface area contributed by atoms with Gasteiger partial charge in [0.05, 0.1) is 0 Å². The van der Waals surface area contributed by atoms with Crippen LogP contribution in [0.1, 0.15) is 40.0 Å². The van der Waals surface area contributed by atoms with Crippen LogP contribution in [0.15, 0.2) is 12.2 Å². The van der Waals surface area contributed by atoms with E-state index in [1.807, 2.05) is 0 Å². The van der Waals surface area contributed by atoms with Crippen molar-refractivity contribution >= 4 is 0 Å². The molecule has 0 aromatic rings. The minimum atomic E-state index is 0.970. The van der Waals surface area contributed by atoms with Crippen LogP contribution < -0.4 is 5.32 Å². The van der Waals surface area contributed by atoms with E-state index < -0.39 is 0 Å². The van der Waals surface area contributed by atoms with Crippen molar-refractivity contribution < 1.29 is 0 Å². The molecule has 0 aromatic carbocycles. The summed E-state index contributed by atoms with van der Waals surface area (Å²) in [7, 11) is 0. The average Bonchev–Trinajstić information content (AvgIpc) is 2.19. The summed E-state index contributed by atoms with van der Waals surface area (Å²) in [4.78, 5) is 2.50. The Labute approximate surface area is 95.7 Å². The molecule has 2 heteroatoms. The second kappa shape index (κ2) is 10.2. The molecule has 0 fully saturated rings. The van der Waals surface area contributed by atoms with E-state index in [9.17, 15) is 0 Å². The predicted octanol–water partition coefficient (Wildman–Crippen LogP) is 2.66. The van der Waals surface area contributed by atoms with Crippen LogP contribution in [0, 0.1) is 0 Å². The van der Waals surface area contributed by atoms with Gasteiger partial charge in [0.25, 0.3) is 0 Å². The zero-order chi connectivity index (χ0) is 11.5. The summed E-state index contributed by atoms with van der Waals surface area (Å²) >= 11 is 0. The number of nitrogens with zero attached hydrogens (tertiary/aromatic N) is 1. The summed E-state index contributed by atoms with van der Waals surface area (Å²) in [5.41, 5.74) is 1.31. The molecule has 0 bridgehead atoms. The van der Waals surface area contributed by atoms with E-state index >= 15 is 0 Å². The Bertz CT molecular complexity index is 149. The molecule has 0 atom stereocenters. The molecule has 0 unspecified atom stereocenters. The predicted molar refractivity (Wildman–Crippen MR) is 69.3 cm³/mol. The maximum Gasteiger partial charge on any atom is 0.0202 e. The third-order valence-electron chi connectivity index (χ3n) is 2.33. The first kappa shape index (κ1) is 14.7. The van der Waals surface area contributed by atoms with Gasteiger partial charge in [-0.2, -0.15) is 0 Å². The van der Waals surface area contributed by atoms with Crippen molar-refractivity contribution in [1.29, 1.82) is 0 Å². The fraction of sp³-hybridized carbons (Fsp3) is 0.846. The van der Waals surface area contributed by atoms with Crippen LogP contribution in [-0.2, 0) is 0 Å². The largest absolute Gasteiger partial charge is 0.313 e. The minimum absolute atomic E-state index is 0.970. The molecule has 90 valence electrons. The van der Waals surface area contributed by atoms with E-state index in [0.717, 1.165) is 19.6 Å². The SMILES string of the molecule is C=C(CNCCC)CN(CCC)CCC. The highest BCUT2D eigenvalue weighted by Crippen LogP contribution is 1.99. The van der Waals surface area contributed by atoms with Crippen molar-refractivity contribution in [2.75, 3.05) is 32.7 Å². The summed E-state index contributed by atoms with van der Waals surface area (Å²) in [6.45, 7) is 16.3. The van der Waals surface area contributed by atoms with Gasteiger partial charge in [-0.1, -0.05) is 27.4 Å². The van der Waals surface area contributed by atoms with Gasteiger partial charge in [0, 0.05) is 13.1 Å². The molecule has 0 aliphatic rings. The highest BCUT2D eigenvalue weighted by atomic mass is 15.1. The minimum Gasteiger partial charge on any atom is -0.313 e. The van der Waals surface area contributed by atoms with Crippen LogP contribution in [0.3, 0.4) is 0 Å². The van der Waals surface area contributed by atoms with Crippen LogP contribution in [0.5, 0.6) is 0 Å². The molecule has 0 spiro atoms. The molecular weight excluding hydrogens is 184 g/mol. The number of hydrogen-bond donors (Lipinski definition) is 1. The Hall–Kier alpha value is -0.340. The molecule has 1 N–H and O–H groups in total. The molecule has 2 nitrogen and oxygen atoms in total. The zero-order valence-electron chi connectivity index (χ0n) is 10.8. The first-order valence-corrected chi connectivity index (χ1v) is 6.34. The molecule has 0 aliphatic carbocycles. The maximum absolute atomic E-state index is 4.13. The monoisotopic (exact) mass is 212 g/mol. The van der Waals surface area contributed by atoms with E-state index in [1.54, 1.807) is 0 Å². The van der Waals surface area contributed by atoms with Crippen LogP contribution in [0.25, 0.3) is 0 Å². The van der Waals surface area contributed by atoms with Crippen molar-refractivity contribution in [2.45, 2.75) is 40.0 Å². The van der Waals surface area contributed by atoms with Crippen molar-refractivity contribution in [3.8, 4) is 0 Å². The molecule has 0 amide bonds. The van der Waals surface area contributed by atoms with Gasteiger partial charge in [0.15, 0.2) is 0 Å². The van der Waals surface area contributed by atoms with Crippen LogP contribution >= 0.6 is 0 Å². The van der Waals surface area contributed by atoms with Crippen molar-refractivity contribution in [2.24, 2.45) is 0 Å². The molecule has 15 heavy (non-hydrogen) atoms. The van der Waals surface area contributed by atoms with Crippen molar-refractivity contribution in [1.82, 2.24) is 10.2 Å². The first-order valence-electron chi connectivity index (χ1n) is 6.34. The molecule has 0 aliphatic heterocycles. The second-order valence-corrected chi connectivity index (χ2v) is 4.20. The molecule has 0 rings (SSSR count). The van der Waals surface area contributed by atoms with Crippen LogP contribution in [-0.4, -0.2) is 37.6 Å². The lowest BCUT2D eigenvalue weighted by Gasteiger charge is -2.22. The Morgan fingerprint density at radius 1 is 1.07 bits per heavy atom. The maximum atomic E-state index is 4.13. The molecular formula is C13H28N2. The highest BCUT2D eigenvalue weighted by molar-refractivity contribution is 4.99. The Balaban J connectivity index is 3.67. The van der Waals surface area contributed by atoms with Gasteiger partial charge in [-0.3, -0.25) is 4.90 Å². The van der Waals surface area contributed by atoms with E-state index in [1.165, 1.54) is 37.9 Å². The number of hydrogen-bond acceptors (Lipinski definition) is 2. The van der Waals surface area contributed by atoms with Gasteiger partial charge >= 0.3 is 0 Å². The average molecular weight is 212 g/mol. The molecule has 0 saturated heterocycles. The third-order valence-corrected chi connectivity index (χ3v) is 2.33. The lowest BCUT2D eigenvalue weighted by Crippen LogP contribution is -2.30. The normalized spacial score (nSPS) is 10.9. The van der Waals surface area contributed by atoms with E-state index in [4.69, 9.17) is 0 Å². The van der Waals surface area contributed by atoms with Crippen LogP contribution in [0.4, 0.5) is 0 Å². The molecule has 0 radical (unpaired) electrons. The van der Waals surface area contributed by atoms with E-state index in [2.05, 4.69) is 37.6 Å². The van der Waals surface area contributed by atoms with E-state index in [-0.39, 0.29) is 0 Å². The van der Waals surface area contributed by atoms with Gasteiger partial charge < -0.3 is 5.32 Å². The Morgan fingerprint density at radius 2 is 1.67 bits per heavy atom. The van der Waals surface area contributed by atoms with Crippen molar-refractivity contribution in [3.63, 3.8) is 0 Å². The fourth-order valence-corrected chi connectivity index (χ4v) is 1.72. The lowest BCUT2D eigenvalue weighted by molar-refractivity contribution is 0.295. The Kier molecular flexibility index (Phi) is 9.96. The Morgan fingerprint density at radius 3 is 2.13 bits per heavy atom. The van der Waals surface area contributed by atoms with E-state index in [0.29, 0.717) is 0 Å². The summed E-state index contributed by atoms with van der Waals surface area (Å²) in [6, 6.07) is 0. The summed E-state index contributed by atoms with van der Waals surface area (Å²) in [5, 5.41) is 3.40. The van der Waals surface area contributed by atoms with Gasteiger partial charge in [-0.25, -0.2) is 0 Å². The number of rotatable bonds is 10. The molecule has 0 heterocycles. The third kappa shape index (κ3) is 8.64. The quantitative estimate of drug-likeness (QED) is 0.442. The smallest absolute Gasteiger partial charge is 0.0202 e. The van der Waals surface area contributed by atoms with Gasteiger partial charge in [-0.15, -0.1) is 0 Å². The number of nitrogens with one attached hydrogen (secondary N) is 1. The van der Waals surface area contributed by atoms with Crippen LogP contribution in [0.2, 0.25) is 0 Å². The summed E-state index contributed by atoms with van der Waals surface area (Å²) < 4.78 is 0. The molecule has 0 saturated carbocycles. The first-order chi connectivity index (χ1) is 7.24. The lowest BCUT2D eigenvalue weighted by atomic mass is 10.2. The standard InChI is InChI=1S/C13H28N2/c1-5-8-14-11-13(4)12-15(9-6-2)10-7-3/h14H,4-12H2,1-3H3. The van der Waals surface area contributed by atoms with Crippen molar-refractivity contribution in [3.05, 3.63) is 12.2 Å². The second-order valence-electron chi connectivity index (χ2n) is 4.20. The van der Waals surface area contributed by atoms with Gasteiger partial charge in [0.1, 0.15) is 0 Å². The summed E-state index contributed by atoms with van der Waals surface area (Å²) in [5.74, 6) is 0. The zero-order valence-corrected chi connectivity index (χ0v) is 10.8.